The molecule has 14 nitrogen and oxygen atoms in total. The van der Waals surface area contributed by atoms with E-state index in [2.05, 4.69) is 26.3 Å². The third-order valence-corrected chi connectivity index (χ3v) is 61.7. The fourth-order valence-corrected chi connectivity index (χ4v) is 66.1. The third kappa shape index (κ3) is 13.5. The second-order valence-corrected chi connectivity index (χ2v) is 63.4. The van der Waals surface area contributed by atoms with Crippen molar-refractivity contribution in [2.24, 2.45) is 0 Å². The van der Waals surface area contributed by atoms with Gasteiger partial charge in [-0.2, -0.15) is 0 Å². The van der Waals surface area contributed by atoms with Crippen LogP contribution in [0.15, 0.2) is 292 Å². The van der Waals surface area contributed by atoms with E-state index in [1.807, 2.05) is 318 Å². The highest BCUT2D eigenvalue weighted by atomic mass is 28.6. The second kappa shape index (κ2) is 25.9. The highest BCUT2D eigenvalue weighted by molar-refractivity contribution is 7.12. The Labute approximate surface area is 543 Å². The summed E-state index contributed by atoms with van der Waals surface area (Å²) in [7, 11) is -54.4. The maximum atomic E-state index is 8.81. The van der Waals surface area contributed by atoms with Gasteiger partial charge in [-0.25, -0.2) is 0 Å². The topological polar surface area (TPSA) is 129 Å². The summed E-state index contributed by atoms with van der Waals surface area (Å²) in [5.41, 5.74) is 7.40. The molecule has 12 rings (SSSR count). The number of rotatable bonds is 20. The Balaban J connectivity index is 1.47. The molecule has 0 amide bonds. The van der Waals surface area contributed by atoms with E-state index in [-0.39, 0.29) is 0 Å². The van der Waals surface area contributed by atoms with E-state index in [0.717, 1.165) is 0 Å². The molecule has 4 fully saturated rings. The SMILES string of the molecule is C=C[Si](C)(C)O[Si]1(c2ccccc2)O[Si]2(c3ccccc3)O[Si](O[Si](C)(C)C=C)(c3ccccc3)O[Si](c3ccccc3)(O1)O[Si]1(c3ccccc3)O[Si](O[Si](C)(C)C=C)(c3ccccc3)O[Si](c3ccccc3)(O[Si](O[Si](C)(C)C=C)(c3ccccc3)O1)O2. The van der Waals surface area contributed by atoms with Gasteiger partial charge in [0.1, 0.15) is 0 Å². The van der Waals surface area contributed by atoms with E-state index in [4.69, 9.17) is 57.6 Å². The average molecular weight is 1410 g/mol. The molecule has 0 spiro atoms. The quantitative estimate of drug-likeness (QED) is 0.0675. The van der Waals surface area contributed by atoms with Gasteiger partial charge in [0.2, 0.25) is 33.3 Å². The van der Waals surface area contributed by atoms with Crippen LogP contribution >= 0.6 is 0 Å². The van der Waals surface area contributed by atoms with E-state index in [1.54, 1.807) is 0 Å². The Bertz CT molecular complexity index is 3260. The summed E-state index contributed by atoms with van der Waals surface area (Å²) >= 11 is 0. The molecular weight excluding hydrogens is 1330 g/mol. The van der Waals surface area contributed by atoms with Crippen molar-refractivity contribution in [1.82, 2.24) is 0 Å². The average Bonchev–Trinajstić information content (AvgIpc) is 0.688. The fourth-order valence-electron chi connectivity index (χ4n) is 10.4. The van der Waals surface area contributed by atoms with Crippen LogP contribution in [0, 0.1) is 0 Å². The molecule has 4 bridgehead atoms. The minimum Gasteiger partial charge on any atom is -0.409 e. The van der Waals surface area contributed by atoms with Crippen molar-refractivity contribution in [3.05, 3.63) is 292 Å². The molecule has 0 radical (unpaired) electrons. The van der Waals surface area contributed by atoms with Gasteiger partial charge in [0, 0.05) is 41.5 Å². The zero-order chi connectivity index (χ0) is 63.6. The van der Waals surface area contributed by atoms with Crippen LogP contribution in [0.25, 0.3) is 0 Å². The van der Waals surface area contributed by atoms with Crippen molar-refractivity contribution in [2.75, 3.05) is 0 Å². The molecular formula is C64H76O14Si12. The predicted molar refractivity (Wildman–Crippen MR) is 381 cm³/mol. The first-order chi connectivity index (χ1) is 43.0. The zero-order valence-corrected chi connectivity index (χ0v) is 63.9. The Morgan fingerprint density at radius 3 is 0.489 bits per heavy atom. The first-order valence-electron chi connectivity index (χ1n) is 29.8. The highest BCUT2D eigenvalue weighted by Crippen LogP contribution is 2.45. The third-order valence-electron chi connectivity index (χ3n) is 15.3. The summed E-state index contributed by atoms with van der Waals surface area (Å²) in [6.07, 6.45) is 0. The lowest BCUT2D eigenvalue weighted by molar-refractivity contribution is 0.0486. The Kier molecular flexibility index (Phi) is 19.1. The van der Waals surface area contributed by atoms with Crippen molar-refractivity contribution in [3.8, 4) is 0 Å². The van der Waals surface area contributed by atoms with Gasteiger partial charge in [-0.3, -0.25) is 0 Å². The monoisotopic (exact) mass is 1400 g/mol. The Morgan fingerprint density at radius 2 is 0.356 bits per heavy atom. The molecule has 4 heterocycles. The molecule has 8 aromatic rings. The van der Waals surface area contributed by atoms with E-state index in [1.165, 1.54) is 0 Å². The molecule has 0 aromatic heterocycles. The van der Waals surface area contributed by atoms with Crippen LogP contribution in [-0.2, 0) is 57.6 Å². The van der Waals surface area contributed by atoms with Crippen LogP contribution < -0.4 is 41.5 Å². The standard InChI is InChI=1S/C64H76O14Si12/c1-13-79(5,6)65-83(57-41-25-17-26-42-57)69-87(61-49-33-21-34-50-61)71-84(66-80(7,8)14-2,58-43-27-18-28-44-58)72-88(70-83,62-51-35-22-36-52-62)78-90(64-55-39-24-40-56-64)74-85(67-81(9,10)15-3,59-45-29-19-30-46-59)73-89(77-87,63-53-37-23-38-54-63)75-86(76-90,68-82(11,12)16-4)60-47-31-20-32-48-60/h13-56H,1-4H2,5-12H3. The molecule has 4 aliphatic rings. The van der Waals surface area contributed by atoms with E-state index < -0.39 is 104 Å². The summed E-state index contributed by atoms with van der Waals surface area (Å²) in [6.45, 7) is 33.9. The van der Waals surface area contributed by atoms with Crippen molar-refractivity contribution in [2.45, 2.75) is 52.4 Å². The van der Waals surface area contributed by atoms with Crippen molar-refractivity contribution >= 4 is 145 Å². The maximum Gasteiger partial charge on any atom is 0.515 e. The normalized spacial score (nSPS) is 28.3. The first kappa shape index (κ1) is 66.2. The van der Waals surface area contributed by atoms with Crippen LogP contribution in [0.5, 0.6) is 0 Å². The van der Waals surface area contributed by atoms with Crippen LogP contribution in [0.2, 0.25) is 52.4 Å². The molecule has 8 aromatic carbocycles. The minimum atomic E-state index is -5.38. The van der Waals surface area contributed by atoms with E-state index in [0.29, 0.717) is 41.5 Å². The summed E-state index contributed by atoms with van der Waals surface area (Å²) in [4.78, 5) is 0. The van der Waals surface area contributed by atoms with Crippen LogP contribution in [0.3, 0.4) is 0 Å². The lowest BCUT2D eigenvalue weighted by Gasteiger charge is -2.58. The summed E-state index contributed by atoms with van der Waals surface area (Å²) < 4.78 is 119. The molecule has 0 unspecified atom stereocenters. The molecule has 4 aliphatic heterocycles. The maximum absolute atomic E-state index is 8.81. The molecule has 0 aliphatic carbocycles. The van der Waals surface area contributed by atoms with E-state index >= 15 is 0 Å². The summed E-state index contributed by atoms with van der Waals surface area (Å²) in [5.74, 6) is 0. The smallest absolute Gasteiger partial charge is 0.409 e. The predicted octanol–water partition coefficient (Wildman–Crippen LogP) is 8.75. The van der Waals surface area contributed by atoms with Gasteiger partial charge in [-0.05, 0) is 52.4 Å². The second-order valence-electron chi connectivity index (χ2n) is 24.0. The molecule has 464 valence electrons. The number of fused-ring (bicyclic) bond motifs is 4. The van der Waals surface area contributed by atoms with Gasteiger partial charge < -0.3 is 57.6 Å². The molecule has 0 saturated carbocycles. The van der Waals surface area contributed by atoms with Gasteiger partial charge >= 0.3 is 70.4 Å². The number of hydrogen-bond donors (Lipinski definition) is 0. The summed E-state index contributed by atoms with van der Waals surface area (Å²) in [5, 5.41) is 3.92. The van der Waals surface area contributed by atoms with Crippen LogP contribution in [-0.4, -0.2) is 104 Å². The van der Waals surface area contributed by atoms with Crippen molar-refractivity contribution in [3.63, 3.8) is 0 Å². The molecule has 90 heavy (non-hydrogen) atoms. The van der Waals surface area contributed by atoms with Crippen molar-refractivity contribution < 1.29 is 57.6 Å². The van der Waals surface area contributed by atoms with Crippen LogP contribution in [0.4, 0.5) is 0 Å². The van der Waals surface area contributed by atoms with Crippen LogP contribution in [0.1, 0.15) is 0 Å². The molecule has 0 N–H and O–H groups in total. The molecule has 4 saturated heterocycles. The number of hydrogen-bond acceptors (Lipinski definition) is 14. The zero-order valence-electron chi connectivity index (χ0n) is 51.9. The van der Waals surface area contributed by atoms with Crippen molar-refractivity contribution in [1.29, 1.82) is 0 Å². The molecule has 26 heteroatoms. The number of benzene rings is 8. The lowest BCUT2D eigenvalue weighted by atomic mass is 10.4. The van der Waals surface area contributed by atoms with E-state index in [9.17, 15) is 0 Å². The largest absolute Gasteiger partial charge is 0.515 e. The highest BCUT2D eigenvalue weighted by Gasteiger charge is 2.81. The van der Waals surface area contributed by atoms with Gasteiger partial charge in [-0.1, -0.05) is 265 Å². The van der Waals surface area contributed by atoms with Gasteiger partial charge in [0.15, 0.2) is 0 Å². The minimum absolute atomic E-state index is 0.447. The fraction of sp³-hybridized carbons (Fsp3) is 0.125. The molecule has 0 atom stereocenters. The first-order valence-corrected chi connectivity index (χ1v) is 55.5. The van der Waals surface area contributed by atoms with Gasteiger partial charge in [-0.15, -0.1) is 26.3 Å². The lowest BCUT2D eigenvalue weighted by Crippen LogP contribution is -2.91. The Morgan fingerprint density at radius 1 is 0.222 bits per heavy atom. The Hall–Kier alpha value is -5.24. The summed E-state index contributed by atoms with van der Waals surface area (Å²) in [6, 6.07) is 77.1. The van der Waals surface area contributed by atoms with Gasteiger partial charge in [0.25, 0.3) is 0 Å². The van der Waals surface area contributed by atoms with Gasteiger partial charge in [0.05, 0.1) is 0 Å².